The highest BCUT2D eigenvalue weighted by Crippen LogP contribution is 2.30. The molecule has 0 unspecified atom stereocenters. The van der Waals surface area contributed by atoms with Gasteiger partial charge in [0.05, 0.1) is 12.0 Å². The Morgan fingerprint density at radius 1 is 1.46 bits per heavy atom. The summed E-state index contributed by atoms with van der Waals surface area (Å²) in [7, 11) is 0. The highest BCUT2D eigenvalue weighted by Gasteiger charge is 2.29. The van der Waals surface area contributed by atoms with Gasteiger partial charge in [-0.15, -0.1) is 10.2 Å². The maximum absolute atomic E-state index is 12.6. The molecule has 1 amide bonds. The van der Waals surface area contributed by atoms with Crippen LogP contribution in [-0.4, -0.2) is 27.3 Å². The van der Waals surface area contributed by atoms with Crippen LogP contribution in [-0.2, 0) is 24.2 Å². The van der Waals surface area contributed by atoms with Crippen molar-refractivity contribution in [1.82, 2.24) is 20.1 Å². The molecule has 6 nitrogen and oxygen atoms in total. The van der Waals surface area contributed by atoms with Gasteiger partial charge in [-0.2, -0.15) is 0 Å². The van der Waals surface area contributed by atoms with E-state index in [2.05, 4.69) is 20.1 Å². The molecule has 4 rings (SSSR count). The molecule has 0 radical (unpaired) electrons. The second-order valence-corrected chi connectivity index (χ2v) is 6.86. The molecule has 2 aliphatic heterocycles. The number of hydrogen-bond donors (Lipinski definition) is 1. The van der Waals surface area contributed by atoms with Crippen molar-refractivity contribution in [2.45, 2.75) is 38.8 Å². The predicted molar refractivity (Wildman–Crippen MR) is 89.0 cm³/mol. The molecule has 0 fully saturated rings. The average Bonchev–Trinajstić information content (AvgIpc) is 3.17. The smallest absolute Gasteiger partial charge is 0.227 e. The van der Waals surface area contributed by atoms with Crippen LogP contribution in [0.2, 0.25) is 5.02 Å². The van der Waals surface area contributed by atoms with E-state index >= 15 is 0 Å². The maximum atomic E-state index is 12.6. The maximum Gasteiger partial charge on any atom is 0.227 e. The van der Waals surface area contributed by atoms with Gasteiger partial charge in [0.15, 0.2) is 5.82 Å². The van der Waals surface area contributed by atoms with Crippen LogP contribution in [0.15, 0.2) is 18.2 Å². The monoisotopic (exact) mass is 346 g/mol. The Bertz CT molecular complexity index is 789. The normalized spacial score (nSPS) is 20.0. The highest BCUT2D eigenvalue weighted by molar-refractivity contribution is 6.30. The zero-order chi connectivity index (χ0) is 16.7. The largest absolute Gasteiger partial charge is 0.492 e. The summed E-state index contributed by atoms with van der Waals surface area (Å²) in [6.45, 7) is 3.25. The van der Waals surface area contributed by atoms with Gasteiger partial charge in [-0.3, -0.25) is 4.79 Å². The number of carbonyl (C=O) groups is 1. The van der Waals surface area contributed by atoms with Crippen LogP contribution < -0.4 is 10.1 Å². The van der Waals surface area contributed by atoms with E-state index < -0.39 is 0 Å². The van der Waals surface area contributed by atoms with Crippen molar-refractivity contribution in [1.29, 1.82) is 0 Å². The number of halogens is 1. The number of amides is 1. The first-order valence-electron chi connectivity index (χ1n) is 8.25. The lowest BCUT2D eigenvalue weighted by Crippen LogP contribution is -2.39. The first-order chi connectivity index (χ1) is 11.6. The van der Waals surface area contributed by atoms with Gasteiger partial charge in [0.2, 0.25) is 5.91 Å². The van der Waals surface area contributed by atoms with Crippen LogP contribution >= 0.6 is 11.6 Å². The van der Waals surface area contributed by atoms with Gasteiger partial charge in [-0.05, 0) is 43.5 Å². The summed E-state index contributed by atoms with van der Waals surface area (Å²) in [6.07, 6.45) is 2.68. The SMILES string of the molecule is C[C@@H](NC(=O)[C@H]1COc2ccc(Cl)cc2C1)c1nnc2n1CCC2. The van der Waals surface area contributed by atoms with Gasteiger partial charge >= 0.3 is 0 Å². The highest BCUT2D eigenvalue weighted by atomic mass is 35.5. The van der Waals surface area contributed by atoms with E-state index in [0.717, 1.165) is 42.3 Å². The molecular weight excluding hydrogens is 328 g/mol. The lowest BCUT2D eigenvalue weighted by Gasteiger charge is -2.26. The third-order valence-corrected chi connectivity index (χ3v) is 4.92. The van der Waals surface area contributed by atoms with E-state index in [1.54, 1.807) is 6.07 Å². The summed E-state index contributed by atoms with van der Waals surface area (Å²) in [4.78, 5) is 12.6. The molecule has 1 aromatic heterocycles. The molecule has 2 aliphatic rings. The molecule has 0 saturated heterocycles. The van der Waals surface area contributed by atoms with Crippen LogP contribution in [0.5, 0.6) is 5.75 Å². The van der Waals surface area contributed by atoms with Gasteiger partial charge in [0, 0.05) is 18.0 Å². The van der Waals surface area contributed by atoms with Gasteiger partial charge in [-0.25, -0.2) is 0 Å². The fourth-order valence-corrected chi connectivity index (χ4v) is 3.62. The summed E-state index contributed by atoms with van der Waals surface area (Å²) in [5, 5.41) is 12.1. The Labute approximate surface area is 145 Å². The molecule has 126 valence electrons. The number of fused-ring (bicyclic) bond motifs is 2. The summed E-state index contributed by atoms with van der Waals surface area (Å²) < 4.78 is 7.81. The standard InChI is InChI=1S/C17H19ClN4O2/c1-10(16-21-20-15-3-2-6-22(15)16)19-17(23)12-7-11-8-13(18)4-5-14(11)24-9-12/h4-5,8,10,12H,2-3,6-7,9H2,1H3,(H,19,23)/t10-,12-/m1/s1. The van der Waals surface area contributed by atoms with Gasteiger partial charge < -0.3 is 14.6 Å². The van der Waals surface area contributed by atoms with E-state index in [-0.39, 0.29) is 17.9 Å². The fourth-order valence-electron chi connectivity index (χ4n) is 3.42. The zero-order valence-electron chi connectivity index (χ0n) is 13.5. The van der Waals surface area contributed by atoms with Gasteiger partial charge in [0.1, 0.15) is 18.2 Å². The van der Waals surface area contributed by atoms with Crippen molar-refractivity contribution in [3.8, 4) is 5.75 Å². The Balaban J connectivity index is 1.45. The molecule has 0 saturated carbocycles. The van der Waals surface area contributed by atoms with Crippen molar-refractivity contribution in [2.75, 3.05) is 6.61 Å². The number of rotatable bonds is 3. The molecular formula is C17H19ClN4O2. The molecule has 2 atom stereocenters. The number of aromatic nitrogens is 3. The van der Waals surface area contributed by atoms with Gasteiger partial charge in [-0.1, -0.05) is 11.6 Å². The topological polar surface area (TPSA) is 69.0 Å². The van der Waals surface area contributed by atoms with E-state index in [9.17, 15) is 4.79 Å². The molecule has 7 heteroatoms. The molecule has 2 aromatic rings. The predicted octanol–water partition coefficient (Wildman–Crippen LogP) is 2.31. The molecule has 0 spiro atoms. The van der Waals surface area contributed by atoms with Crippen molar-refractivity contribution in [2.24, 2.45) is 5.92 Å². The number of nitrogens with zero attached hydrogens (tertiary/aromatic N) is 3. The van der Waals surface area contributed by atoms with E-state index in [0.29, 0.717) is 18.1 Å². The number of hydrogen-bond acceptors (Lipinski definition) is 4. The molecule has 0 bridgehead atoms. The fraction of sp³-hybridized carbons (Fsp3) is 0.471. The van der Waals surface area contributed by atoms with Crippen molar-refractivity contribution >= 4 is 17.5 Å². The first-order valence-corrected chi connectivity index (χ1v) is 8.63. The van der Waals surface area contributed by atoms with Crippen molar-refractivity contribution < 1.29 is 9.53 Å². The Kier molecular flexibility index (Phi) is 3.92. The third kappa shape index (κ3) is 2.75. The number of benzene rings is 1. The van der Waals surface area contributed by atoms with E-state index in [4.69, 9.17) is 16.3 Å². The number of carbonyl (C=O) groups excluding carboxylic acids is 1. The molecule has 1 N–H and O–H groups in total. The average molecular weight is 347 g/mol. The van der Waals surface area contributed by atoms with Crippen LogP contribution in [0.3, 0.4) is 0 Å². The lowest BCUT2D eigenvalue weighted by atomic mass is 9.96. The van der Waals surface area contributed by atoms with E-state index in [1.807, 2.05) is 19.1 Å². The molecule has 0 aliphatic carbocycles. The minimum Gasteiger partial charge on any atom is -0.492 e. The Morgan fingerprint density at radius 3 is 3.21 bits per heavy atom. The molecule has 24 heavy (non-hydrogen) atoms. The summed E-state index contributed by atoms with van der Waals surface area (Å²) in [5.74, 6) is 2.40. The van der Waals surface area contributed by atoms with Crippen LogP contribution in [0, 0.1) is 5.92 Å². The Hall–Kier alpha value is -2.08. The minimum absolute atomic E-state index is 0.0246. The van der Waals surface area contributed by atoms with Crippen molar-refractivity contribution in [3.63, 3.8) is 0 Å². The van der Waals surface area contributed by atoms with Gasteiger partial charge in [0.25, 0.3) is 0 Å². The molecule has 1 aromatic carbocycles. The zero-order valence-corrected chi connectivity index (χ0v) is 14.2. The third-order valence-electron chi connectivity index (χ3n) is 4.68. The summed E-state index contributed by atoms with van der Waals surface area (Å²) >= 11 is 6.04. The van der Waals surface area contributed by atoms with Crippen molar-refractivity contribution in [3.05, 3.63) is 40.4 Å². The van der Waals surface area contributed by atoms with Crippen LogP contribution in [0.4, 0.5) is 0 Å². The van der Waals surface area contributed by atoms with Crippen LogP contribution in [0.25, 0.3) is 0 Å². The number of aryl methyl sites for hydroxylation is 1. The van der Waals surface area contributed by atoms with E-state index in [1.165, 1.54) is 0 Å². The number of ether oxygens (including phenoxy) is 1. The lowest BCUT2D eigenvalue weighted by molar-refractivity contribution is -0.127. The number of nitrogens with one attached hydrogen (secondary N) is 1. The summed E-state index contributed by atoms with van der Waals surface area (Å²) in [5.41, 5.74) is 0.977. The first kappa shape index (κ1) is 15.4. The summed E-state index contributed by atoms with van der Waals surface area (Å²) in [6, 6.07) is 5.35. The van der Waals surface area contributed by atoms with Crippen LogP contribution in [0.1, 0.15) is 36.6 Å². The quantitative estimate of drug-likeness (QED) is 0.926. The Morgan fingerprint density at radius 2 is 2.33 bits per heavy atom. The minimum atomic E-state index is -0.223. The second kappa shape index (κ2) is 6.09. The molecule has 3 heterocycles. The second-order valence-electron chi connectivity index (χ2n) is 6.42.